The second-order valence-electron chi connectivity index (χ2n) is 5.00. The van der Waals surface area contributed by atoms with Gasteiger partial charge in [-0.15, -0.1) is 0 Å². The van der Waals surface area contributed by atoms with Crippen molar-refractivity contribution in [2.24, 2.45) is 0 Å². The molecule has 124 valence electrons. The number of methoxy groups -OCH3 is 1. The largest absolute Gasteiger partial charge is 0.508 e. The van der Waals surface area contributed by atoms with E-state index in [1.165, 1.54) is 12.7 Å². The van der Waals surface area contributed by atoms with Crippen molar-refractivity contribution in [3.8, 4) is 5.75 Å². The molecule has 0 saturated carbocycles. The summed E-state index contributed by atoms with van der Waals surface area (Å²) in [4.78, 5) is 10.2. The fourth-order valence-corrected chi connectivity index (χ4v) is 1.70. The summed E-state index contributed by atoms with van der Waals surface area (Å²) in [5.74, 6) is -0.0563. The molecule has 0 heterocycles. The molecular formula is C21H22O3. The Morgan fingerprint density at radius 2 is 1.58 bits per heavy atom. The summed E-state index contributed by atoms with van der Waals surface area (Å²) >= 11 is 0. The van der Waals surface area contributed by atoms with E-state index in [1.54, 1.807) is 19.1 Å². The van der Waals surface area contributed by atoms with E-state index < -0.39 is 0 Å². The van der Waals surface area contributed by atoms with Gasteiger partial charge < -0.3 is 9.84 Å². The Morgan fingerprint density at radius 3 is 2.08 bits per heavy atom. The number of hydrogen-bond donors (Lipinski definition) is 1. The first-order valence-electron chi connectivity index (χ1n) is 7.45. The van der Waals surface area contributed by atoms with Gasteiger partial charge in [-0.1, -0.05) is 73.3 Å². The summed E-state index contributed by atoms with van der Waals surface area (Å²) in [6, 6.07) is 17.3. The number of phenolic OH excluding ortho intramolecular Hbond substituents is 1. The van der Waals surface area contributed by atoms with Crippen LogP contribution in [0.4, 0.5) is 0 Å². The summed E-state index contributed by atoms with van der Waals surface area (Å²) in [7, 11) is 1.33. The van der Waals surface area contributed by atoms with E-state index in [0.29, 0.717) is 11.3 Å². The van der Waals surface area contributed by atoms with Gasteiger partial charge in [-0.3, -0.25) is 0 Å². The minimum atomic E-state index is -0.347. The maximum atomic E-state index is 10.2. The third-order valence-corrected chi connectivity index (χ3v) is 2.89. The highest BCUT2D eigenvalue weighted by atomic mass is 16.5. The number of carbonyl (C=O) groups is 1. The summed E-state index contributed by atoms with van der Waals surface area (Å²) in [6.45, 7) is 4.95. The number of aromatic hydroxyl groups is 1. The molecule has 0 radical (unpaired) electrons. The van der Waals surface area contributed by atoms with Crippen molar-refractivity contribution in [2.45, 2.75) is 6.92 Å². The van der Waals surface area contributed by atoms with E-state index in [2.05, 4.69) is 23.4 Å². The Bertz CT molecular complexity index is 713. The van der Waals surface area contributed by atoms with E-state index in [-0.39, 0.29) is 5.97 Å². The van der Waals surface area contributed by atoms with Crippen LogP contribution < -0.4 is 0 Å². The van der Waals surface area contributed by atoms with Gasteiger partial charge in [0.05, 0.1) is 7.11 Å². The molecule has 0 fully saturated rings. The normalized spacial score (nSPS) is 10.2. The first-order valence-corrected chi connectivity index (χ1v) is 7.45. The molecule has 1 N–H and O–H groups in total. The molecule has 0 amide bonds. The zero-order valence-electron chi connectivity index (χ0n) is 14.0. The number of benzene rings is 2. The molecule has 0 spiro atoms. The Hall–Kier alpha value is -3.07. The smallest absolute Gasteiger partial charge is 0.332 e. The standard InChI is InChI=1S/C16H14O.C5H8O2/c17-16-12-6-11-15(13-16)10-5-4-9-14-7-2-1-3-8-14;1-4(2)5(6)7-3/h1-13,17H;1H2,2-3H3. The van der Waals surface area contributed by atoms with Gasteiger partial charge in [0.25, 0.3) is 0 Å². The van der Waals surface area contributed by atoms with Crippen molar-refractivity contribution in [3.63, 3.8) is 0 Å². The Kier molecular flexibility index (Phi) is 8.40. The lowest BCUT2D eigenvalue weighted by molar-refractivity contribution is -0.136. The molecule has 0 aliphatic rings. The lowest BCUT2D eigenvalue weighted by Gasteiger charge is -1.93. The van der Waals surface area contributed by atoms with Gasteiger partial charge in [0.15, 0.2) is 0 Å². The molecule has 0 aromatic heterocycles. The summed E-state index contributed by atoms with van der Waals surface area (Å²) < 4.78 is 4.27. The van der Waals surface area contributed by atoms with Crippen LogP contribution in [0.15, 0.2) is 78.9 Å². The third-order valence-electron chi connectivity index (χ3n) is 2.89. The number of allylic oxidation sites excluding steroid dienone is 2. The quantitative estimate of drug-likeness (QED) is 0.497. The Balaban J connectivity index is 0.000000351. The van der Waals surface area contributed by atoms with Crippen molar-refractivity contribution in [2.75, 3.05) is 7.11 Å². The number of ether oxygens (including phenoxy) is 1. The molecule has 0 aliphatic carbocycles. The predicted octanol–water partition coefficient (Wildman–Crippen LogP) is 4.85. The van der Waals surface area contributed by atoms with Gasteiger partial charge in [0, 0.05) is 5.57 Å². The minimum absolute atomic E-state index is 0.291. The van der Waals surface area contributed by atoms with Crippen molar-refractivity contribution in [1.82, 2.24) is 0 Å². The van der Waals surface area contributed by atoms with Crippen molar-refractivity contribution in [1.29, 1.82) is 0 Å². The molecule has 0 unspecified atom stereocenters. The van der Waals surface area contributed by atoms with Gasteiger partial charge in [-0.05, 0) is 30.2 Å². The van der Waals surface area contributed by atoms with Gasteiger partial charge in [0.1, 0.15) is 5.75 Å². The van der Waals surface area contributed by atoms with Crippen LogP contribution in [0.1, 0.15) is 18.1 Å². The molecule has 2 aromatic carbocycles. The van der Waals surface area contributed by atoms with Crippen molar-refractivity contribution >= 4 is 18.1 Å². The highest BCUT2D eigenvalue weighted by Crippen LogP contribution is 2.12. The van der Waals surface area contributed by atoms with Crippen LogP contribution in [0.25, 0.3) is 12.2 Å². The first kappa shape index (κ1) is 19.0. The Labute approximate surface area is 143 Å². The van der Waals surface area contributed by atoms with Gasteiger partial charge in [-0.25, -0.2) is 4.79 Å². The van der Waals surface area contributed by atoms with E-state index in [0.717, 1.165) is 5.56 Å². The Morgan fingerprint density at radius 1 is 1.00 bits per heavy atom. The maximum absolute atomic E-state index is 10.2. The molecule has 3 nitrogen and oxygen atoms in total. The predicted molar refractivity (Wildman–Crippen MR) is 99.4 cm³/mol. The van der Waals surface area contributed by atoms with Crippen molar-refractivity contribution < 1.29 is 14.6 Å². The van der Waals surface area contributed by atoms with Crippen molar-refractivity contribution in [3.05, 3.63) is 90.0 Å². The average molecular weight is 322 g/mol. The van der Waals surface area contributed by atoms with Crippen LogP contribution in [0.3, 0.4) is 0 Å². The van der Waals surface area contributed by atoms with Gasteiger partial charge >= 0.3 is 5.97 Å². The summed E-state index contributed by atoms with van der Waals surface area (Å²) in [6.07, 6.45) is 7.94. The molecular weight excluding hydrogens is 300 g/mol. The molecule has 0 bridgehead atoms. The average Bonchev–Trinajstić information content (AvgIpc) is 2.59. The van der Waals surface area contributed by atoms with E-state index >= 15 is 0 Å². The fraction of sp³-hybridized carbons (Fsp3) is 0.0952. The highest BCUT2D eigenvalue weighted by molar-refractivity contribution is 5.86. The maximum Gasteiger partial charge on any atom is 0.332 e. The van der Waals surface area contributed by atoms with Crippen LogP contribution in [0.5, 0.6) is 5.75 Å². The van der Waals surface area contributed by atoms with Crippen LogP contribution in [0, 0.1) is 0 Å². The SMILES string of the molecule is C=C(C)C(=O)OC.Oc1cccc(C=CC=Cc2ccccc2)c1. The zero-order valence-corrected chi connectivity index (χ0v) is 14.0. The second kappa shape index (κ2) is 10.6. The monoisotopic (exact) mass is 322 g/mol. The molecule has 24 heavy (non-hydrogen) atoms. The number of esters is 1. The number of hydrogen-bond acceptors (Lipinski definition) is 3. The van der Waals surface area contributed by atoms with Crippen LogP contribution in [-0.2, 0) is 9.53 Å². The highest BCUT2D eigenvalue weighted by Gasteiger charge is 1.95. The molecule has 0 aliphatic heterocycles. The lowest BCUT2D eigenvalue weighted by atomic mass is 10.2. The third kappa shape index (κ3) is 7.80. The number of rotatable bonds is 4. The molecule has 2 rings (SSSR count). The lowest BCUT2D eigenvalue weighted by Crippen LogP contribution is -1.98. The van der Waals surface area contributed by atoms with Crippen LogP contribution >= 0.6 is 0 Å². The van der Waals surface area contributed by atoms with E-state index in [4.69, 9.17) is 0 Å². The number of carbonyl (C=O) groups excluding carboxylic acids is 1. The molecule has 3 heteroatoms. The number of phenols is 1. The zero-order chi connectivity index (χ0) is 17.8. The van der Waals surface area contributed by atoms with Gasteiger partial charge in [0.2, 0.25) is 0 Å². The minimum Gasteiger partial charge on any atom is -0.508 e. The van der Waals surface area contributed by atoms with Crippen LogP contribution in [-0.4, -0.2) is 18.2 Å². The summed E-state index contributed by atoms with van der Waals surface area (Å²) in [5, 5.41) is 9.30. The molecule has 2 aromatic rings. The van der Waals surface area contributed by atoms with Crippen LogP contribution in [0.2, 0.25) is 0 Å². The first-order chi connectivity index (χ1) is 11.5. The van der Waals surface area contributed by atoms with E-state index in [1.807, 2.05) is 54.6 Å². The summed E-state index contributed by atoms with van der Waals surface area (Å²) in [5.41, 5.74) is 2.60. The van der Waals surface area contributed by atoms with E-state index in [9.17, 15) is 9.90 Å². The molecule has 0 atom stereocenters. The second-order valence-corrected chi connectivity index (χ2v) is 5.00. The van der Waals surface area contributed by atoms with Gasteiger partial charge in [-0.2, -0.15) is 0 Å². The topological polar surface area (TPSA) is 46.5 Å². The molecule has 0 saturated heterocycles. The fourth-order valence-electron chi connectivity index (χ4n) is 1.70.